The molecule has 0 spiro atoms. The molecular weight excluding hydrogens is 410 g/mol. The maximum Gasteiger partial charge on any atom is 0.227 e. The zero-order valence-corrected chi connectivity index (χ0v) is 18.8. The molecule has 1 atom stereocenters. The van der Waals surface area contributed by atoms with Gasteiger partial charge in [-0.15, -0.1) is 5.10 Å². The van der Waals surface area contributed by atoms with Crippen LogP contribution >= 0.6 is 11.3 Å². The lowest BCUT2D eigenvalue weighted by Gasteiger charge is -2.34. The number of rotatable bonds is 4. The highest BCUT2D eigenvalue weighted by Crippen LogP contribution is 2.31. The fourth-order valence-corrected chi connectivity index (χ4v) is 5.54. The van der Waals surface area contributed by atoms with Crippen molar-refractivity contribution < 1.29 is 9.53 Å². The van der Waals surface area contributed by atoms with E-state index in [0.717, 1.165) is 79.0 Å². The topological polar surface area (TPSA) is 63.0 Å². The Kier molecular flexibility index (Phi) is 5.80. The summed E-state index contributed by atoms with van der Waals surface area (Å²) < 4.78 is 7.09. The minimum absolute atomic E-state index is 0.0814. The van der Waals surface area contributed by atoms with Crippen LogP contribution < -0.4 is 9.64 Å². The number of amides is 1. The number of likely N-dealkylation sites (tertiary alicyclic amines) is 1. The van der Waals surface area contributed by atoms with Gasteiger partial charge in [-0.3, -0.25) is 4.79 Å². The summed E-state index contributed by atoms with van der Waals surface area (Å²) in [7, 11) is 1.67. The lowest BCUT2D eigenvalue weighted by Crippen LogP contribution is -2.45. The average Bonchev–Trinajstić information content (AvgIpc) is 3.27. The van der Waals surface area contributed by atoms with Crippen LogP contribution in [-0.4, -0.2) is 58.7 Å². The van der Waals surface area contributed by atoms with Crippen LogP contribution in [0.25, 0.3) is 16.2 Å². The SMILES string of the molecule is COc1ccc(-c2cn3nc(N4CCC[C@H](C(=O)N5CCCCCC5)C4)sc3n2)cc1. The molecule has 164 valence electrons. The molecule has 1 aromatic carbocycles. The number of carbonyl (C=O) groups is 1. The first kappa shape index (κ1) is 20.3. The number of hydrogen-bond acceptors (Lipinski definition) is 6. The van der Waals surface area contributed by atoms with Crippen LogP contribution in [0.4, 0.5) is 5.13 Å². The molecule has 2 aliphatic rings. The van der Waals surface area contributed by atoms with E-state index in [9.17, 15) is 4.79 Å². The summed E-state index contributed by atoms with van der Waals surface area (Å²) in [5.41, 5.74) is 1.95. The van der Waals surface area contributed by atoms with E-state index >= 15 is 0 Å². The number of piperidine rings is 1. The van der Waals surface area contributed by atoms with Gasteiger partial charge in [0.05, 0.1) is 24.9 Å². The highest BCUT2D eigenvalue weighted by Gasteiger charge is 2.31. The van der Waals surface area contributed by atoms with Gasteiger partial charge in [-0.05, 0) is 49.9 Å². The van der Waals surface area contributed by atoms with Crippen molar-refractivity contribution in [1.82, 2.24) is 19.5 Å². The molecule has 0 N–H and O–H groups in total. The second-order valence-electron chi connectivity index (χ2n) is 8.49. The number of ether oxygens (including phenoxy) is 1. The van der Waals surface area contributed by atoms with Gasteiger partial charge in [-0.2, -0.15) is 0 Å². The molecule has 2 fully saturated rings. The molecule has 5 rings (SSSR count). The first-order chi connectivity index (χ1) is 15.2. The fourth-order valence-electron chi connectivity index (χ4n) is 4.62. The van der Waals surface area contributed by atoms with Crippen LogP contribution in [0.15, 0.2) is 30.5 Å². The molecule has 4 heterocycles. The van der Waals surface area contributed by atoms with Crippen LogP contribution in [-0.2, 0) is 4.79 Å². The van der Waals surface area contributed by atoms with E-state index in [-0.39, 0.29) is 5.92 Å². The van der Waals surface area contributed by atoms with Crippen LogP contribution in [0.2, 0.25) is 0 Å². The van der Waals surface area contributed by atoms with Gasteiger partial charge in [-0.1, -0.05) is 24.2 Å². The van der Waals surface area contributed by atoms with Crippen LogP contribution in [0, 0.1) is 5.92 Å². The summed E-state index contributed by atoms with van der Waals surface area (Å²) in [6, 6.07) is 7.90. The molecule has 2 aromatic heterocycles. The Bertz CT molecular complexity index is 1000. The van der Waals surface area contributed by atoms with Crippen LogP contribution in [0.1, 0.15) is 38.5 Å². The van der Waals surface area contributed by atoms with E-state index < -0.39 is 0 Å². The Morgan fingerprint density at radius 2 is 1.84 bits per heavy atom. The van der Waals surface area contributed by atoms with Gasteiger partial charge >= 0.3 is 0 Å². The van der Waals surface area contributed by atoms with Gasteiger partial charge in [0.2, 0.25) is 16.0 Å². The Hall–Kier alpha value is -2.61. The third-order valence-electron chi connectivity index (χ3n) is 6.38. The zero-order chi connectivity index (χ0) is 21.2. The molecule has 0 radical (unpaired) electrons. The largest absolute Gasteiger partial charge is 0.497 e. The minimum atomic E-state index is 0.0814. The average molecular weight is 440 g/mol. The zero-order valence-electron chi connectivity index (χ0n) is 18.0. The first-order valence-corrected chi connectivity index (χ1v) is 12.1. The molecule has 8 heteroatoms. The summed E-state index contributed by atoms with van der Waals surface area (Å²) in [6.07, 6.45) is 8.76. The monoisotopic (exact) mass is 439 g/mol. The van der Waals surface area contributed by atoms with Crippen molar-refractivity contribution in [2.75, 3.05) is 38.2 Å². The highest BCUT2D eigenvalue weighted by atomic mass is 32.1. The van der Waals surface area contributed by atoms with E-state index in [0.29, 0.717) is 5.91 Å². The molecule has 0 aliphatic carbocycles. The van der Waals surface area contributed by atoms with E-state index in [1.807, 2.05) is 35.0 Å². The van der Waals surface area contributed by atoms with E-state index in [4.69, 9.17) is 14.8 Å². The minimum Gasteiger partial charge on any atom is -0.497 e. The predicted octanol–water partition coefficient (Wildman–Crippen LogP) is 4.09. The van der Waals surface area contributed by atoms with Crippen molar-refractivity contribution in [3.63, 3.8) is 0 Å². The Morgan fingerprint density at radius 1 is 1.06 bits per heavy atom. The number of hydrogen-bond donors (Lipinski definition) is 0. The number of imidazole rings is 1. The number of anilines is 1. The third kappa shape index (κ3) is 4.26. The summed E-state index contributed by atoms with van der Waals surface area (Å²) >= 11 is 1.60. The molecular formula is C23H29N5O2S. The highest BCUT2D eigenvalue weighted by molar-refractivity contribution is 7.20. The number of fused-ring (bicyclic) bond motifs is 1. The van der Waals surface area contributed by atoms with Crippen molar-refractivity contribution in [1.29, 1.82) is 0 Å². The molecule has 2 saturated heterocycles. The van der Waals surface area contributed by atoms with Crippen LogP contribution in [0.5, 0.6) is 5.75 Å². The summed E-state index contributed by atoms with van der Waals surface area (Å²) in [5, 5.41) is 5.74. The van der Waals surface area contributed by atoms with Gasteiger partial charge in [-0.25, -0.2) is 9.50 Å². The van der Waals surface area contributed by atoms with Crippen molar-refractivity contribution in [2.24, 2.45) is 5.92 Å². The second-order valence-corrected chi connectivity index (χ2v) is 9.43. The standard InChI is InChI=1S/C23H29N5O2S/c1-30-19-10-8-17(9-11-19)20-16-28-22(24-20)31-23(25-28)27-14-6-7-18(15-27)21(29)26-12-4-2-3-5-13-26/h8-11,16,18H,2-7,12-15H2,1H3/t18-/m0/s1. The van der Waals surface area contributed by atoms with Crippen LogP contribution in [0.3, 0.4) is 0 Å². The molecule has 1 amide bonds. The number of carbonyl (C=O) groups excluding carboxylic acids is 1. The van der Waals surface area contributed by atoms with E-state index in [1.54, 1.807) is 18.4 Å². The van der Waals surface area contributed by atoms with Gasteiger partial charge in [0.15, 0.2) is 0 Å². The maximum absolute atomic E-state index is 13.1. The normalized spacial score (nSPS) is 20.1. The number of methoxy groups -OCH3 is 1. The van der Waals surface area contributed by atoms with Crippen molar-refractivity contribution in [3.05, 3.63) is 30.5 Å². The van der Waals surface area contributed by atoms with E-state index in [2.05, 4.69) is 9.80 Å². The van der Waals surface area contributed by atoms with E-state index in [1.165, 1.54) is 12.8 Å². The van der Waals surface area contributed by atoms with Gasteiger partial charge in [0.1, 0.15) is 5.75 Å². The summed E-state index contributed by atoms with van der Waals surface area (Å²) in [5.74, 6) is 1.26. The lowest BCUT2D eigenvalue weighted by atomic mass is 9.96. The Morgan fingerprint density at radius 3 is 2.55 bits per heavy atom. The summed E-state index contributed by atoms with van der Waals surface area (Å²) in [6.45, 7) is 3.56. The number of benzene rings is 1. The molecule has 2 aliphatic heterocycles. The number of nitrogens with zero attached hydrogens (tertiary/aromatic N) is 5. The van der Waals surface area contributed by atoms with Crippen molar-refractivity contribution >= 4 is 27.3 Å². The number of aromatic nitrogens is 3. The Balaban J connectivity index is 1.29. The lowest BCUT2D eigenvalue weighted by molar-refractivity contribution is -0.135. The van der Waals surface area contributed by atoms with Crippen molar-refractivity contribution in [3.8, 4) is 17.0 Å². The molecule has 0 saturated carbocycles. The molecule has 0 unspecified atom stereocenters. The quantitative estimate of drug-likeness (QED) is 0.613. The smallest absolute Gasteiger partial charge is 0.227 e. The first-order valence-electron chi connectivity index (χ1n) is 11.3. The predicted molar refractivity (Wildman–Crippen MR) is 123 cm³/mol. The van der Waals surface area contributed by atoms with Gasteiger partial charge in [0, 0.05) is 31.7 Å². The van der Waals surface area contributed by atoms with Gasteiger partial charge < -0.3 is 14.5 Å². The second kappa shape index (κ2) is 8.86. The molecule has 31 heavy (non-hydrogen) atoms. The molecule has 0 bridgehead atoms. The summed E-state index contributed by atoms with van der Waals surface area (Å²) in [4.78, 5) is 23.1. The molecule has 3 aromatic rings. The third-order valence-corrected chi connectivity index (χ3v) is 7.36. The fraction of sp³-hybridized carbons (Fsp3) is 0.522. The maximum atomic E-state index is 13.1. The van der Waals surface area contributed by atoms with Crippen molar-refractivity contribution in [2.45, 2.75) is 38.5 Å². The Labute approximate surface area is 186 Å². The molecule has 7 nitrogen and oxygen atoms in total. The van der Waals surface area contributed by atoms with Gasteiger partial charge in [0.25, 0.3) is 0 Å².